The zero-order chi connectivity index (χ0) is 20.5. The van der Waals surface area contributed by atoms with Crippen molar-refractivity contribution in [3.8, 4) is 17.2 Å². The largest absolute Gasteiger partial charge is 0.454 e. The second kappa shape index (κ2) is 8.02. The van der Waals surface area contributed by atoms with Gasteiger partial charge in [0.25, 0.3) is 0 Å². The van der Waals surface area contributed by atoms with Gasteiger partial charge in [-0.05, 0) is 49.6 Å². The quantitative estimate of drug-likeness (QED) is 0.586. The topological polar surface area (TPSA) is 78.3 Å². The van der Waals surface area contributed by atoms with Crippen molar-refractivity contribution in [2.45, 2.75) is 42.6 Å². The summed E-state index contributed by atoms with van der Waals surface area (Å²) in [4.78, 5) is 17.3. The van der Waals surface area contributed by atoms with E-state index in [9.17, 15) is 4.79 Å². The maximum atomic E-state index is 12.6. The minimum Gasteiger partial charge on any atom is -0.454 e. The number of hydrogen-bond donors (Lipinski definition) is 1. The van der Waals surface area contributed by atoms with Gasteiger partial charge in [-0.25, -0.2) is 9.67 Å². The molecule has 0 bridgehead atoms. The molecular formula is C22H22N4O3S. The summed E-state index contributed by atoms with van der Waals surface area (Å²) in [5.74, 6) is 2.84. The number of benzene rings is 2. The van der Waals surface area contributed by atoms with E-state index < -0.39 is 0 Å². The Morgan fingerprint density at radius 1 is 1.20 bits per heavy atom. The molecule has 1 atom stereocenters. The van der Waals surface area contributed by atoms with E-state index >= 15 is 0 Å². The molecule has 7 nitrogen and oxygen atoms in total. The first-order valence-electron chi connectivity index (χ1n) is 10.0. The Kier molecular flexibility index (Phi) is 5.08. The number of rotatable bonds is 7. The van der Waals surface area contributed by atoms with Crippen molar-refractivity contribution in [3.63, 3.8) is 0 Å². The van der Waals surface area contributed by atoms with E-state index in [0.717, 1.165) is 35.7 Å². The summed E-state index contributed by atoms with van der Waals surface area (Å²) in [6.07, 6.45) is 2.28. The molecule has 1 amide bonds. The first kappa shape index (κ1) is 19.0. The number of aromatic nitrogens is 3. The molecule has 2 heterocycles. The van der Waals surface area contributed by atoms with E-state index in [1.807, 2.05) is 60.1 Å². The summed E-state index contributed by atoms with van der Waals surface area (Å²) in [7, 11) is 0. The Hall–Kier alpha value is -3.00. The average Bonchev–Trinajstić information content (AvgIpc) is 3.36. The van der Waals surface area contributed by atoms with Crippen LogP contribution < -0.4 is 14.8 Å². The Bertz CT molecular complexity index is 1070. The van der Waals surface area contributed by atoms with Crippen LogP contribution in [0.5, 0.6) is 11.5 Å². The number of ether oxygens (including phenoxy) is 2. The minimum absolute atomic E-state index is 0.0540. The molecule has 2 aromatic carbocycles. The number of carbonyl (C=O) groups is 1. The third kappa shape index (κ3) is 4.00. The molecule has 1 saturated carbocycles. The fraction of sp³-hybridized carbons (Fsp3) is 0.318. The molecule has 0 spiro atoms. The Morgan fingerprint density at radius 3 is 2.80 bits per heavy atom. The van der Waals surface area contributed by atoms with Crippen LogP contribution in [0.4, 0.5) is 0 Å². The van der Waals surface area contributed by atoms with Crippen LogP contribution >= 0.6 is 11.8 Å². The zero-order valence-electron chi connectivity index (χ0n) is 16.6. The van der Waals surface area contributed by atoms with E-state index in [0.29, 0.717) is 23.4 Å². The second-order valence-electron chi connectivity index (χ2n) is 7.44. The van der Waals surface area contributed by atoms with Gasteiger partial charge < -0.3 is 14.8 Å². The molecule has 1 aliphatic heterocycles. The lowest BCUT2D eigenvalue weighted by atomic mass is 10.2. The van der Waals surface area contributed by atoms with Gasteiger partial charge in [-0.15, -0.1) is 5.10 Å². The van der Waals surface area contributed by atoms with Crippen molar-refractivity contribution in [1.29, 1.82) is 0 Å². The van der Waals surface area contributed by atoms with Gasteiger partial charge in [0.15, 0.2) is 11.5 Å². The predicted octanol–water partition coefficient (Wildman–Crippen LogP) is 3.67. The first-order valence-corrected chi connectivity index (χ1v) is 10.9. The summed E-state index contributed by atoms with van der Waals surface area (Å²) in [5, 5.41) is 7.98. The maximum Gasteiger partial charge on any atom is 0.233 e. The molecule has 2 aliphatic rings. The molecule has 0 saturated heterocycles. The molecule has 5 rings (SSSR count). The molecule has 1 fully saturated rings. The smallest absolute Gasteiger partial charge is 0.233 e. The van der Waals surface area contributed by atoms with Gasteiger partial charge in [0.1, 0.15) is 5.82 Å². The lowest BCUT2D eigenvalue weighted by Crippen LogP contribution is -2.30. The number of para-hydroxylation sites is 1. The molecule has 8 heteroatoms. The summed E-state index contributed by atoms with van der Waals surface area (Å²) < 4.78 is 12.6. The highest BCUT2D eigenvalue weighted by Gasteiger charge is 2.31. The van der Waals surface area contributed by atoms with Gasteiger partial charge in [0, 0.05) is 12.5 Å². The van der Waals surface area contributed by atoms with Gasteiger partial charge in [0.05, 0.1) is 10.9 Å². The monoisotopic (exact) mass is 422 g/mol. The highest BCUT2D eigenvalue weighted by Crippen LogP contribution is 2.40. The van der Waals surface area contributed by atoms with Crippen LogP contribution in [-0.2, 0) is 11.3 Å². The molecule has 1 aliphatic carbocycles. The fourth-order valence-electron chi connectivity index (χ4n) is 3.31. The van der Waals surface area contributed by atoms with Crippen molar-refractivity contribution in [2.24, 2.45) is 0 Å². The van der Waals surface area contributed by atoms with Gasteiger partial charge in [0.2, 0.25) is 17.9 Å². The molecule has 1 N–H and O–H groups in total. The fourth-order valence-corrected chi connectivity index (χ4v) is 4.10. The maximum absolute atomic E-state index is 12.6. The predicted molar refractivity (Wildman–Crippen MR) is 113 cm³/mol. The van der Waals surface area contributed by atoms with Crippen molar-refractivity contribution < 1.29 is 14.3 Å². The molecule has 1 aromatic heterocycles. The standard InChI is InChI=1S/C22H22N4O3S/c1-14(21(27)23-12-15-7-10-18-19(11-15)29-13-28-18)30-22-24-20(16-8-9-16)26(25-22)17-5-3-2-4-6-17/h2-7,10-11,14,16H,8-9,12-13H2,1H3,(H,23,27)/t14-/m1/s1. The van der Waals surface area contributed by atoms with Crippen molar-refractivity contribution >= 4 is 17.7 Å². The summed E-state index contributed by atoms with van der Waals surface area (Å²) in [5.41, 5.74) is 1.96. The minimum atomic E-state index is -0.308. The highest BCUT2D eigenvalue weighted by molar-refractivity contribution is 8.00. The summed E-state index contributed by atoms with van der Waals surface area (Å²) in [6.45, 7) is 2.55. The molecule has 30 heavy (non-hydrogen) atoms. The van der Waals surface area contributed by atoms with Gasteiger partial charge in [-0.3, -0.25) is 4.79 Å². The number of nitrogens with zero attached hydrogens (tertiary/aromatic N) is 3. The van der Waals surface area contributed by atoms with Crippen LogP contribution in [0.15, 0.2) is 53.7 Å². The van der Waals surface area contributed by atoms with Crippen molar-refractivity contribution in [2.75, 3.05) is 6.79 Å². The van der Waals surface area contributed by atoms with Crippen LogP contribution in [0.1, 0.15) is 37.1 Å². The van der Waals surface area contributed by atoms with E-state index in [1.54, 1.807) is 0 Å². The average molecular weight is 423 g/mol. The number of fused-ring (bicyclic) bond motifs is 1. The lowest BCUT2D eigenvalue weighted by Gasteiger charge is -2.10. The van der Waals surface area contributed by atoms with Crippen LogP contribution in [0.3, 0.4) is 0 Å². The Balaban J connectivity index is 1.24. The number of carbonyl (C=O) groups excluding carboxylic acids is 1. The molecule has 154 valence electrons. The van der Waals surface area contributed by atoms with E-state index in [-0.39, 0.29) is 18.0 Å². The number of amides is 1. The van der Waals surface area contributed by atoms with E-state index in [1.165, 1.54) is 11.8 Å². The van der Waals surface area contributed by atoms with Crippen LogP contribution in [0.2, 0.25) is 0 Å². The number of nitrogens with one attached hydrogen (secondary N) is 1. The lowest BCUT2D eigenvalue weighted by molar-refractivity contribution is -0.120. The van der Waals surface area contributed by atoms with E-state index in [2.05, 4.69) is 10.4 Å². The first-order chi connectivity index (χ1) is 14.7. The zero-order valence-corrected chi connectivity index (χ0v) is 17.4. The summed E-state index contributed by atoms with van der Waals surface area (Å²) in [6, 6.07) is 15.7. The molecule has 0 radical (unpaired) electrons. The van der Waals surface area contributed by atoms with Crippen LogP contribution in [-0.4, -0.2) is 32.7 Å². The molecule has 0 unspecified atom stereocenters. The third-order valence-corrected chi connectivity index (χ3v) is 6.06. The van der Waals surface area contributed by atoms with Gasteiger partial charge in [-0.1, -0.05) is 36.0 Å². The number of thioether (sulfide) groups is 1. The highest BCUT2D eigenvalue weighted by atomic mass is 32.2. The third-order valence-electron chi connectivity index (χ3n) is 5.11. The van der Waals surface area contributed by atoms with Crippen molar-refractivity contribution in [1.82, 2.24) is 20.1 Å². The van der Waals surface area contributed by atoms with Crippen molar-refractivity contribution in [3.05, 3.63) is 59.9 Å². The van der Waals surface area contributed by atoms with E-state index in [4.69, 9.17) is 14.5 Å². The Morgan fingerprint density at radius 2 is 2.00 bits per heavy atom. The second-order valence-corrected chi connectivity index (χ2v) is 8.75. The summed E-state index contributed by atoms with van der Waals surface area (Å²) >= 11 is 1.38. The van der Waals surface area contributed by atoms with Crippen LogP contribution in [0.25, 0.3) is 5.69 Å². The SMILES string of the molecule is C[C@@H](Sc1nc(C2CC2)n(-c2ccccc2)n1)C(=O)NCc1ccc2c(c1)OCO2. The van der Waals surface area contributed by atoms with Crippen LogP contribution in [0, 0.1) is 0 Å². The van der Waals surface area contributed by atoms with Gasteiger partial charge >= 0.3 is 0 Å². The Labute approximate surface area is 178 Å². The molecule has 3 aromatic rings. The molecular weight excluding hydrogens is 400 g/mol. The number of hydrogen-bond acceptors (Lipinski definition) is 6. The normalized spacial score (nSPS) is 15.8. The van der Waals surface area contributed by atoms with Gasteiger partial charge in [-0.2, -0.15) is 0 Å².